The van der Waals surface area contributed by atoms with Crippen LogP contribution in [0.25, 0.3) is 11.1 Å². The molecule has 4 bridgehead atoms. The largest absolute Gasteiger partial charge is 0.496 e. The summed E-state index contributed by atoms with van der Waals surface area (Å²) in [5.74, 6) is 9.62. The zero-order valence-electron chi connectivity index (χ0n) is 24.5. The smallest absolute Gasteiger partial charge is 0.172 e. The molecule has 0 aliphatic heterocycles. The van der Waals surface area contributed by atoms with E-state index in [4.69, 9.17) is 9.47 Å². The minimum atomic E-state index is 0.427. The predicted octanol–water partition coefficient (Wildman–Crippen LogP) is 5.64. The third kappa shape index (κ3) is 2.05. The lowest BCUT2D eigenvalue weighted by Crippen LogP contribution is -2.80. The van der Waals surface area contributed by atoms with E-state index in [0.29, 0.717) is 34.5 Å². The first-order chi connectivity index (χ1) is 19.3. The summed E-state index contributed by atoms with van der Waals surface area (Å²) in [5.41, 5.74) is 10.1. The van der Waals surface area contributed by atoms with Crippen molar-refractivity contribution in [1.82, 2.24) is 0 Å². The van der Waals surface area contributed by atoms with Crippen LogP contribution in [0, 0.1) is 46.3 Å². The van der Waals surface area contributed by atoms with Gasteiger partial charge in [-0.05, 0) is 94.3 Å². The van der Waals surface area contributed by atoms with Crippen molar-refractivity contribution in [3.8, 4) is 22.6 Å². The fourth-order valence-corrected chi connectivity index (χ4v) is 13.8. The van der Waals surface area contributed by atoms with Gasteiger partial charge >= 0.3 is 0 Å². The van der Waals surface area contributed by atoms with Gasteiger partial charge in [-0.15, -0.1) is 0 Å². The van der Waals surface area contributed by atoms with Crippen molar-refractivity contribution in [2.24, 2.45) is 60.4 Å². The Bertz CT molecular complexity index is 1560. The summed E-state index contributed by atoms with van der Waals surface area (Å²) >= 11 is 0. The molecule has 1 aromatic carbocycles. The van der Waals surface area contributed by atoms with Crippen molar-refractivity contribution in [3.05, 3.63) is 71.3 Å². The first-order valence-electron chi connectivity index (χ1n) is 15.6. The topological polar surface area (TPSA) is 26.2 Å². The Morgan fingerprint density at radius 3 is 1.52 bits per heavy atom. The van der Waals surface area contributed by atoms with Crippen molar-refractivity contribution in [1.29, 1.82) is 0 Å². The molecule has 7 aliphatic carbocycles. The van der Waals surface area contributed by atoms with Crippen molar-refractivity contribution < 1.29 is 18.6 Å². The molecule has 7 aliphatic rings. The van der Waals surface area contributed by atoms with E-state index in [0.717, 1.165) is 47.0 Å². The maximum atomic E-state index is 5.99. The van der Waals surface area contributed by atoms with Gasteiger partial charge in [-0.3, -0.25) is 0 Å². The molecule has 10 rings (SSSR count). The van der Waals surface area contributed by atoms with Crippen molar-refractivity contribution in [3.63, 3.8) is 0 Å². The van der Waals surface area contributed by atoms with Gasteiger partial charge in [-0.1, -0.05) is 13.8 Å². The van der Waals surface area contributed by atoms with E-state index in [1.807, 2.05) is 14.2 Å². The van der Waals surface area contributed by atoms with Gasteiger partial charge < -0.3 is 9.47 Å². The fourth-order valence-electron chi connectivity index (χ4n) is 13.8. The average Bonchev–Trinajstić information content (AvgIpc) is 3.72. The lowest BCUT2D eigenvalue weighted by Gasteiger charge is -2.85. The van der Waals surface area contributed by atoms with E-state index < -0.39 is 0 Å². The number of rotatable bonds is 2. The minimum Gasteiger partial charge on any atom is -0.496 e. The molecule has 204 valence electrons. The Labute approximate surface area is 237 Å². The van der Waals surface area contributed by atoms with Crippen LogP contribution in [0.5, 0.6) is 11.5 Å². The number of nitrogens with zero attached hydrogens (tertiary/aromatic N) is 2. The number of aromatic nitrogens is 2. The number of ether oxygens (including phenoxy) is 2. The van der Waals surface area contributed by atoms with Crippen molar-refractivity contribution >= 4 is 0 Å². The molecule has 2 heterocycles. The van der Waals surface area contributed by atoms with E-state index in [-0.39, 0.29) is 0 Å². The van der Waals surface area contributed by atoms with Gasteiger partial charge in [0, 0.05) is 46.2 Å². The van der Waals surface area contributed by atoms with Gasteiger partial charge in [0.05, 0.1) is 14.2 Å². The van der Waals surface area contributed by atoms with Crippen LogP contribution < -0.4 is 18.6 Å². The number of aryl methyl sites for hydroxylation is 2. The fraction of sp³-hybridized carbons (Fsp3) is 0.556. The summed E-state index contributed by atoms with van der Waals surface area (Å²) in [7, 11) is 8.12. The second-order valence-electron chi connectivity index (χ2n) is 15.0. The standard InChI is InChI=1S/C36H40N2O2/c1-35-31-19-13-20(28-24-16-38(4)12-10-18(24)17-9-11-37(3)15-23(17)27(19)28)32(31)36(35,2)34-22-14-21(33(34)35)29-25(39-5)7-8-26(40-6)30(22)29/h7-12,15-16,19-22,27-28,31-34H,13-14H2,1-6H3/q+2/t19-,20+,21+,22-,27-,28+,31-,32+,33+,34-,35-,36+. The van der Waals surface area contributed by atoms with Gasteiger partial charge in [0.1, 0.15) is 25.6 Å². The summed E-state index contributed by atoms with van der Waals surface area (Å²) in [5, 5.41) is 0. The van der Waals surface area contributed by atoms with E-state index in [2.05, 4.69) is 86.1 Å². The molecule has 5 saturated carbocycles. The molecule has 0 N–H and O–H groups in total. The number of benzene rings is 1. The Balaban J connectivity index is 1.14. The molecule has 0 saturated heterocycles. The number of pyridine rings is 2. The Morgan fingerprint density at radius 2 is 1.10 bits per heavy atom. The number of fused-ring (bicyclic) bond motifs is 26. The van der Waals surface area contributed by atoms with Crippen LogP contribution in [-0.2, 0) is 14.1 Å². The van der Waals surface area contributed by atoms with E-state index in [1.54, 1.807) is 11.1 Å². The highest BCUT2D eigenvalue weighted by Crippen LogP contribution is 2.96. The molecule has 0 amide bonds. The molecule has 0 unspecified atom stereocenters. The molecule has 4 nitrogen and oxygen atoms in total. The molecular weight excluding hydrogens is 492 g/mol. The van der Waals surface area contributed by atoms with Crippen LogP contribution in [0.1, 0.15) is 72.6 Å². The highest BCUT2D eigenvalue weighted by molar-refractivity contribution is 5.75. The van der Waals surface area contributed by atoms with Gasteiger partial charge in [-0.2, -0.15) is 0 Å². The second-order valence-corrected chi connectivity index (χ2v) is 15.0. The van der Waals surface area contributed by atoms with E-state index in [1.165, 1.54) is 35.1 Å². The van der Waals surface area contributed by atoms with Crippen molar-refractivity contribution in [2.75, 3.05) is 14.2 Å². The quantitative estimate of drug-likeness (QED) is 0.243. The summed E-state index contributed by atoms with van der Waals surface area (Å²) in [6.45, 7) is 5.47. The monoisotopic (exact) mass is 532 g/mol. The summed E-state index contributed by atoms with van der Waals surface area (Å²) in [4.78, 5) is 0. The number of hydrogen-bond acceptors (Lipinski definition) is 2. The maximum absolute atomic E-state index is 5.99. The molecule has 4 heteroatoms. The van der Waals surface area contributed by atoms with Crippen LogP contribution in [0.3, 0.4) is 0 Å². The van der Waals surface area contributed by atoms with E-state index in [9.17, 15) is 0 Å². The highest BCUT2D eigenvalue weighted by Gasteiger charge is 2.90. The highest BCUT2D eigenvalue weighted by atomic mass is 16.5. The van der Waals surface area contributed by atoms with Gasteiger partial charge in [0.15, 0.2) is 24.8 Å². The van der Waals surface area contributed by atoms with Gasteiger partial charge in [0.25, 0.3) is 0 Å². The summed E-state index contributed by atoms with van der Waals surface area (Å²) in [6, 6.07) is 9.12. The Morgan fingerprint density at radius 1 is 0.650 bits per heavy atom. The first kappa shape index (κ1) is 22.8. The third-order valence-corrected chi connectivity index (χ3v) is 14.5. The average molecular weight is 533 g/mol. The predicted molar refractivity (Wildman–Crippen MR) is 151 cm³/mol. The Hall–Kier alpha value is -2.88. The van der Waals surface area contributed by atoms with Crippen LogP contribution >= 0.6 is 0 Å². The van der Waals surface area contributed by atoms with Crippen LogP contribution in [-0.4, -0.2) is 14.2 Å². The lowest BCUT2D eigenvalue weighted by atomic mass is 9.19. The number of methoxy groups -OCH3 is 2. The zero-order valence-corrected chi connectivity index (χ0v) is 24.5. The molecule has 0 spiro atoms. The van der Waals surface area contributed by atoms with Crippen LogP contribution in [0.4, 0.5) is 0 Å². The zero-order chi connectivity index (χ0) is 27.0. The molecule has 2 aromatic heterocycles. The second kappa shape index (κ2) is 6.77. The van der Waals surface area contributed by atoms with Gasteiger partial charge in [0.2, 0.25) is 0 Å². The summed E-state index contributed by atoms with van der Waals surface area (Å²) in [6.07, 6.45) is 12.2. The molecule has 40 heavy (non-hydrogen) atoms. The van der Waals surface area contributed by atoms with Crippen molar-refractivity contribution in [2.45, 2.75) is 50.4 Å². The first-order valence-corrected chi connectivity index (χ1v) is 15.6. The lowest BCUT2D eigenvalue weighted by molar-refractivity contribution is -0.672. The summed E-state index contributed by atoms with van der Waals surface area (Å²) < 4.78 is 16.6. The molecule has 3 aromatic rings. The van der Waals surface area contributed by atoms with Crippen LogP contribution in [0.2, 0.25) is 0 Å². The normalized spacial score (nSPS) is 44.8. The third-order valence-electron chi connectivity index (χ3n) is 14.5. The number of hydrogen-bond donors (Lipinski definition) is 0. The molecular formula is C36H40N2O2+2. The van der Waals surface area contributed by atoms with Gasteiger partial charge in [-0.25, -0.2) is 9.13 Å². The Kier molecular flexibility index (Phi) is 3.85. The molecule has 5 fully saturated rings. The van der Waals surface area contributed by atoms with E-state index >= 15 is 0 Å². The molecule has 12 atom stereocenters. The SMILES string of the molecule is COc1ccc(OC)c2c1[C@H]1C[C@@H]2[C@H]2[C@@H]1[C@]1(C)[C@H]3[C@H]4C[C@H]([C@@H]5c6c[n+](C)ccc6-c6cc[n+](C)cc6[C@H]45)[C@H]3[C@]21C. The van der Waals surface area contributed by atoms with Crippen LogP contribution in [0.15, 0.2) is 49.1 Å². The minimum absolute atomic E-state index is 0.427. The molecule has 0 radical (unpaired) electrons. The maximum Gasteiger partial charge on any atom is 0.172 e.